The Bertz CT molecular complexity index is 806. The summed E-state index contributed by atoms with van der Waals surface area (Å²) < 4.78 is 19.0. The molecule has 1 N–H and O–H groups in total. The average molecular weight is 383 g/mol. The molecule has 2 aliphatic heterocycles. The number of nitrogens with one attached hydrogen (secondary N) is 1. The number of likely N-dealkylation sites (tertiary alicyclic amines) is 1. The van der Waals surface area contributed by atoms with Crippen LogP contribution < -0.4 is 10.1 Å². The molecule has 2 aliphatic rings. The molecule has 1 unspecified atom stereocenters. The van der Waals surface area contributed by atoms with Gasteiger partial charge in [-0.15, -0.1) is 0 Å². The van der Waals surface area contributed by atoms with Gasteiger partial charge in [0.15, 0.2) is 0 Å². The van der Waals surface area contributed by atoms with Crippen LogP contribution in [0.4, 0.5) is 4.39 Å². The van der Waals surface area contributed by atoms with Gasteiger partial charge in [-0.25, -0.2) is 4.39 Å². The van der Waals surface area contributed by atoms with Crippen LogP contribution in [0.3, 0.4) is 0 Å². The van der Waals surface area contributed by atoms with Crippen LogP contribution in [0.2, 0.25) is 0 Å². The third-order valence-electron chi connectivity index (χ3n) is 5.54. The summed E-state index contributed by atoms with van der Waals surface area (Å²) in [6.07, 6.45) is 1.02. The van der Waals surface area contributed by atoms with Crippen LogP contribution in [0.1, 0.15) is 22.3 Å². The van der Waals surface area contributed by atoms with Crippen molar-refractivity contribution in [3.63, 3.8) is 0 Å². The lowest BCUT2D eigenvalue weighted by atomic mass is 10.1. The summed E-state index contributed by atoms with van der Waals surface area (Å²) in [6.45, 7) is 5.97. The van der Waals surface area contributed by atoms with Crippen LogP contribution in [-0.4, -0.2) is 61.0 Å². The Kier molecular flexibility index (Phi) is 5.88. The van der Waals surface area contributed by atoms with Crippen molar-refractivity contribution < 1.29 is 13.9 Å². The summed E-state index contributed by atoms with van der Waals surface area (Å²) >= 11 is 0. The maximum atomic E-state index is 13.1. The first-order valence-corrected chi connectivity index (χ1v) is 9.91. The van der Waals surface area contributed by atoms with E-state index in [-0.39, 0.29) is 11.7 Å². The van der Waals surface area contributed by atoms with Gasteiger partial charge in [0.1, 0.15) is 18.2 Å². The molecule has 148 valence electrons. The minimum absolute atomic E-state index is 0.0207. The Morgan fingerprint density at radius 3 is 2.61 bits per heavy atom. The van der Waals surface area contributed by atoms with Gasteiger partial charge in [0, 0.05) is 45.3 Å². The molecule has 1 amide bonds. The fourth-order valence-electron chi connectivity index (χ4n) is 3.95. The molecule has 2 aromatic carbocycles. The van der Waals surface area contributed by atoms with Crippen LogP contribution in [0.15, 0.2) is 48.5 Å². The number of ether oxygens (including phenoxy) is 1. The van der Waals surface area contributed by atoms with Gasteiger partial charge in [0.2, 0.25) is 0 Å². The molecule has 0 bridgehead atoms. The lowest BCUT2D eigenvalue weighted by Crippen LogP contribution is -2.49. The van der Waals surface area contributed by atoms with Gasteiger partial charge < -0.3 is 15.0 Å². The summed E-state index contributed by atoms with van der Waals surface area (Å²) in [6, 6.07) is 14.0. The number of carbonyl (C=O) groups is 1. The van der Waals surface area contributed by atoms with E-state index in [9.17, 15) is 9.18 Å². The average Bonchev–Trinajstić information content (AvgIpc) is 3.24. The van der Waals surface area contributed by atoms with Crippen molar-refractivity contribution in [3.8, 4) is 5.75 Å². The van der Waals surface area contributed by atoms with E-state index in [1.54, 1.807) is 12.1 Å². The molecule has 0 aliphatic carbocycles. The van der Waals surface area contributed by atoms with Crippen molar-refractivity contribution in [2.75, 3.05) is 39.3 Å². The second kappa shape index (κ2) is 8.71. The zero-order valence-electron chi connectivity index (χ0n) is 15.9. The molecule has 0 aromatic heterocycles. The largest absolute Gasteiger partial charge is 0.488 e. The number of hydrogen-bond acceptors (Lipinski definition) is 4. The second-order valence-electron chi connectivity index (χ2n) is 7.39. The normalized spacial score (nSPS) is 20.3. The van der Waals surface area contributed by atoms with Crippen LogP contribution in [0.25, 0.3) is 0 Å². The molecule has 5 nitrogen and oxygen atoms in total. The number of nitrogens with zero attached hydrogens (tertiary/aromatic N) is 2. The summed E-state index contributed by atoms with van der Waals surface area (Å²) in [4.78, 5) is 17.5. The van der Waals surface area contributed by atoms with Gasteiger partial charge in [-0.2, -0.15) is 0 Å². The Hall–Kier alpha value is -2.44. The SMILES string of the molecule is O=C(c1ccccc1OCc1ccc(F)cc1)N1CCC(N2CCNCC2)C1. The standard InChI is InChI=1S/C22H26FN3O2/c23-18-7-5-17(6-8-18)16-28-21-4-2-1-3-20(21)22(27)26-12-9-19(15-26)25-13-10-24-11-14-25/h1-8,19,24H,9-16H2. The summed E-state index contributed by atoms with van der Waals surface area (Å²) in [5.74, 6) is 0.321. The molecule has 2 saturated heterocycles. The molecule has 0 saturated carbocycles. The van der Waals surface area contributed by atoms with E-state index in [2.05, 4.69) is 10.2 Å². The van der Waals surface area contributed by atoms with Crippen molar-refractivity contribution in [2.45, 2.75) is 19.1 Å². The second-order valence-corrected chi connectivity index (χ2v) is 7.39. The van der Waals surface area contributed by atoms with Crippen molar-refractivity contribution in [3.05, 3.63) is 65.5 Å². The van der Waals surface area contributed by atoms with Crippen molar-refractivity contribution in [1.29, 1.82) is 0 Å². The van der Waals surface area contributed by atoms with Gasteiger partial charge in [-0.05, 0) is 36.2 Å². The predicted molar refractivity (Wildman–Crippen MR) is 106 cm³/mol. The maximum Gasteiger partial charge on any atom is 0.257 e. The van der Waals surface area contributed by atoms with Gasteiger partial charge in [0.25, 0.3) is 5.91 Å². The van der Waals surface area contributed by atoms with E-state index in [0.717, 1.165) is 51.3 Å². The van der Waals surface area contributed by atoms with Gasteiger partial charge in [-0.3, -0.25) is 9.69 Å². The fraction of sp³-hybridized carbons (Fsp3) is 0.409. The van der Waals surface area contributed by atoms with E-state index in [0.29, 0.717) is 24.0 Å². The molecule has 1 atom stereocenters. The molecular formula is C22H26FN3O2. The zero-order chi connectivity index (χ0) is 19.3. The number of para-hydroxylation sites is 1. The Balaban J connectivity index is 1.41. The highest BCUT2D eigenvalue weighted by Crippen LogP contribution is 2.24. The smallest absolute Gasteiger partial charge is 0.257 e. The highest BCUT2D eigenvalue weighted by atomic mass is 19.1. The molecule has 4 rings (SSSR count). The summed E-state index contributed by atoms with van der Waals surface area (Å²) in [5, 5.41) is 3.38. The highest BCUT2D eigenvalue weighted by Gasteiger charge is 2.32. The summed E-state index contributed by atoms with van der Waals surface area (Å²) in [5.41, 5.74) is 1.45. The van der Waals surface area contributed by atoms with Crippen LogP contribution in [0.5, 0.6) is 5.75 Å². The lowest BCUT2D eigenvalue weighted by molar-refractivity contribution is 0.0768. The first-order valence-electron chi connectivity index (χ1n) is 9.91. The number of benzene rings is 2. The van der Waals surface area contributed by atoms with Gasteiger partial charge in [0.05, 0.1) is 5.56 Å². The topological polar surface area (TPSA) is 44.8 Å². The number of rotatable bonds is 5. The lowest BCUT2D eigenvalue weighted by Gasteiger charge is -2.32. The fourth-order valence-corrected chi connectivity index (χ4v) is 3.95. The minimum Gasteiger partial charge on any atom is -0.488 e. The quantitative estimate of drug-likeness (QED) is 0.862. The van der Waals surface area contributed by atoms with E-state index in [1.165, 1.54) is 12.1 Å². The number of piperazine rings is 1. The van der Waals surface area contributed by atoms with Crippen molar-refractivity contribution >= 4 is 5.91 Å². The first-order chi connectivity index (χ1) is 13.7. The molecule has 0 radical (unpaired) electrons. The van der Waals surface area contributed by atoms with E-state index in [4.69, 9.17) is 4.74 Å². The van der Waals surface area contributed by atoms with Gasteiger partial charge in [-0.1, -0.05) is 24.3 Å². The first kappa shape index (κ1) is 18.9. The monoisotopic (exact) mass is 383 g/mol. The van der Waals surface area contributed by atoms with Gasteiger partial charge >= 0.3 is 0 Å². The minimum atomic E-state index is -0.271. The van der Waals surface area contributed by atoms with E-state index < -0.39 is 0 Å². The van der Waals surface area contributed by atoms with Crippen LogP contribution in [0, 0.1) is 5.82 Å². The molecule has 2 fully saturated rings. The predicted octanol–water partition coefficient (Wildman–Crippen LogP) is 2.52. The van der Waals surface area contributed by atoms with Crippen LogP contribution in [-0.2, 0) is 6.61 Å². The highest BCUT2D eigenvalue weighted by molar-refractivity contribution is 5.97. The number of halogens is 1. The third-order valence-corrected chi connectivity index (χ3v) is 5.54. The molecule has 28 heavy (non-hydrogen) atoms. The molecule has 2 aromatic rings. The summed E-state index contributed by atoms with van der Waals surface area (Å²) in [7, 11) is 0. The van der Waals surface area contributed by atoms with Crippen LogP contribution >= 0.6 is 0 Å². The zero-order valence-corrected chi connectivity index (χ0v) is 15.9. The molecule has 6 heteroatoms. The van der Waals surface area contributed by atoms with E-state index >= 15 is 0 Å². The molecule has 2 heterocycles. The number of amides is 1. The number of hydrogen-bond donors (Lipinski definition) is 1. The Morgan fingerprint density at radius 2 is 1.82 bits per heavy atom. The molecule has 0 spiro atoms. The Labute approximate surface area is 165 Å². The van der Waals surface area contributed by atoms with E-state index in [1.807, 2.05) is 29.2 Å². The van der Waals surface area contributed by atoms with Crippen molar-refractivity contribution in [2.24, 2.45) is 0 Å². The van der Waals surface area contributed by atoms with Crippen molar-refractivity contribution in [1.82, 2.24) is 15.1 Å². The number of carbonyl (C=O) groups excluding carboxylic acids is 1. The third kappa shape index (κ3) is 4.34. The Morgan fingerprint density at radius 1 is 1.07 bits per heavy atom. The maximum absolute atomic E-state index is 13.1. The molecular weight excluding hydrogens is 357 g/mol.